The Morgan fingerprint density at radius 2 is 1.94 bits per heavy atom. The highest BCUT2D eigenvalue weighted by Gasteiger charge is 2.08. The molecule has 0 fully saturated rings. The van der Waals surface area contributed by atoms with Gasteiger partial charge in [-0.3, -0.25) is 4.79 Å². The van der Waals surface area contributed by atoms with Gasteiger partial charge in [0.15, 0.2) is 6.29 Å². The summed E-state index contributed by atoms with van der Waals surface area (Å²) in [4.78, 5) is 14.5. The van der Waals surface area contributed by atoms with E-state index in [9.17, 15) is 13.2 Å². The molecule has 0 unspecified atom stereocenters. The molecule has 0 spiro atoms. The van der Waals surface area contributed by atoms with Crippen LogP contribution in [0.3, 0.4) is 0 Å². The molecule has 0 atom stereocenters. The second-order valence-corrected chi connectivity index (χ2v) is 4.81. The summed E-state index contributed by atoms with van der Waals surface area (Å²) in [5, 5.41) is 5.62. The van der Waals surface area contributed by atoms with Crippen LogP contribution < -0.4 is 5.14 Å². The van der Waals surface area contributed by atoms with E-state index in [1.807, 2.05) is 0 Å². The second kappa shape index (κ2) is 3.66. The average molecular weight is 236 g/mol. The van der Waals surface area contributed by atoms with Gasteiger partial charge in [-0.05, 0) is 24.3 Å². The molecule has 2 N–H and O–H groups in total. The first kappa shape index (κ1) is 10.7. The number of carbonyl (C=O) groups is 1. The number of fused-ring (bicyclic) bond motifs is 1. The van der Waals surface area contributed by atoms with Crippen molar-refractivity contribution in [2.45, 2.75) is 4.90 Å². The summed E-state index contributed by atoms with van der Waals surface area (Å²) < 4.78 is 22.2. The SMILES string of the molecule is NS(=O)(=O)c1ccc2nc(C=O)ccc2c1. The summed E-state index contributed by atoms with van der Waals surface area (Å²) in [6.45, 7) is 0. The highest BCUT2D eigenvalue weighted by Crippen LogP contribution is 2.16. The standard InChI is InChI=1S/C10H8N2O3S/c11-16(14,15)9-3-4-10-7(5-9)1-2-8(6-13)12-10/h1-6H,(H2,11,14,15). The Morgan fingerprint density at radius 1 is 1.19 bits per heavy atom. The van der Waals surface area contributed by atoms with E-state index in [4.69, 9.17) is 5.14 Å². The molecule has 1 aromatic carbocycles. The van der Waals surface area contributed by atoms with Crippen molar-refractivity contribution in [3.63, 3.8) is 0 Å². The number of primary sulfonamides is 1. The summed E-state index contributed by atoms with van der Waals surface area (Å²) in [6, 6.07) is 7.44. The number of nitrogens with two attached hydrogens (primary N) is 1. The Balaban J connectivity index is 2.69. The number of aromatic nitrogens is 1. The van der Waals surface area contributed by atoms with Gasteiger partial charge in [0.05, 0.1) is 10.4 Å². The van der Waals surface area contributed by atoms with E-state index >= 15 is 0 Å². The van der Waals surface area contributed by atoms with Crippen LogP contribution in [0.25, 0.3) is 10.9 Å². The molecular formula is C10H8N2O3S. The van der Waals surface area contributed by atoms with Crippen LogP contribution >= 0.6 is 0 Å². The van der Waals surface area contributed by atoms with Crippen LogP contribution in [0.5, 0.6) is 0 Å². The number of carbonyl (C=O) groups excluding carboxylic acids is 1. The predicted octanol–water partition coefficient (Wildman–Crippen LogP) is 0.695. The summed E-state index contributed by atoms with van der Waals surface area (Å²) in [5.74, 6) is 0. The van der Waals surface area contributed by atoms with Crippen LogP contribution in [0, 0.1) is 0 Å². The molecule has 5 nitrogen and oxygen atoms in total. The smallest absolute Gasteiger partial charge is 0.238 e. The van der Waals surface area contributed by atoms with E-state index in [1.54, 1.807) is 6.07 Å². The lowest BCUT2D eigenvalue weighted by molar-refractivity contribution is 0.111. The molecule has 0 amide bonds. The van der Waals surface area contributed by atoms with Gasteiger partial charge >= 0.3 is 0 Å². The zero-order chi connectivity index (χ0) is 11.8. The molecule has 0 radical (unpaired) electrons. The van der Waals surface area contributed by atoms with Crippen molar-refractivity contribution in [2.75, 3.05) is 0 Å². The topological polar surface area (TPSA) is 90.1 Å². The van der Waals surface area contributed by atoms with Gasteiger partial charge in [-0.25, -0.2) is 18.5 Å². The fraction of sp³-hybridized carbons (Fsp3) is 0. The quantitative estimate of drug-likeness (QED) is 0.777. The first-order valence-electron chi connectivity index (χ1n) is 4.39. The minimum atomic E-state index is -3.71. The molecule has 16 heavy (non-hydrogen) atoms. The van der Waals surface area contributed by atoms with E-state index in [2.05, 4.69) is 4.98 Å². The summed E-state index contributed by atoms with van der Waals surface area (Å²) in [7, 11) is -3.71. The summed E-state index contributed by atoms with van der Waals surface area (Å²) in [6.07, 6.45) is 0.632. The molecule has 1 aromatic heterocycles. The summed E-state index contributed by atoms with van der Waals surface area (Å²) >= 11 is 0. The van der Waals surface area contributed by atoms with Crippen LogP contribution in [0.4, 0.5) is 0 Å². The minimum Gasteiger partial charge on any atom is -0.296 e. The third kappa shape index (κ3) is 1.93. The van der Waals surface area contributed by atoms with E-state index < -0.39 is 10.0 Å². The van der Waals surface area contributed by atoms with Gasteiger partial charge in [-0.1, -0.05) is 6.07 Å². The monoisotopic (exact) mass is 236 g/mol. The zero-order valence-electron chi connectivity index (χ0n) is 8.12. The van der Waals surface area contributed by atoms with Crippen LogP contribution in [-0.4, -0.2) is 19.7 Å². The van der Waals surface area contributed by atoms with Crippen molar-refractivity contribution in [1.82, 2.24) is 4.98 Å². The van der Waals surface area contributed by atoms with Gasteiger partial charge in [-0.2, -0.15) is 0 Å². The number of pyridine rings is 1. The van der Waals surface area contributed by atoms with Gasteiger partial charge in [0.2, 0.25) is 10.0 Å². The van der Waals surface area contributed by atoms with Crippen molar-refractivity contribution in [3.05, 3.63) is 36.0 Å². The van der Waals surface area contributed by atoms with Gasteiger partial charge < -0.3 is 0 Å². The number of benzene rings is 1. The number of aldehydes is 1. The van der Waals surface area contributed by atoms with Crippen LogP contribution in [0.15, 0.2) is 35.2 Å². The van der Waals surface area contributed by atoms with Crippen LogP contribution in [0.2, 0.25) is 0 Å². The van der Waals surface area contributed by atoms with E-state index in [1.165, 1.54) is 24.3 Å². The van der Waals surface area contributed by atoms with Gasteiger partial charge in [0, 0.05) is 5.39 Å². The van der Waals surface area contributed by atoms with E-state index in [-0.39, 0.29) is 4.90 Å². The number of hydrogen-bond acceptors (Lipinski definition) is 4. The largest absolute Gasteiger partial charge is 0.296 e. The van der Waals surface area contributed by atoms with E-state index in [0.29, 0.717) is 22.9 Å². The molecule has 0 aliphatic carbocycles. The highest BCUT2D eigenvalue weighted by atomic mass is 32.2. The maximum absolute atomic E-state index is 11.1. The Morgan fingerprint density at radius 3 is 2.56 bits per heavy atom. The fourth-order valence-corrected chi connectivity index (χ4v) is 1.91. The second-order valence-electron chi connectivity index (χ2n) is 3.25. The lowest BCUT2D eigenvalue weighted by Gasteiger charge is -2.01. The van der Waals surface area contributed by atoms with Crippen molar-refractivity contribution in [3.8, 4) is 0 Å². The summed E-state index contributed by atoms with van der Waals surface area (Å²) in [5.41, 5.74) is 0.854. The van der Waals surface area contributed by atoms with Crippen LogP contribution in [0.1, 0.15) is 10.5 Å². The molecule has 1 heterocycles. The molecule has 6 heteroatoms. The van der Waals surface area contributed by atoms with E-state index in [0.717, 1.165) is 0 Å². The number of sulfonamides is 1. The lowest BCUT2D eigenvalue weighted by Crippen LogP contribution is -2.11. The molecular weight excluding hydrogens is 228 g/mol. The molecule has 0 saturated heterocycles. The third-order valence-corrected chi connectivity index (χ3v) is 3.04. The Kier molecular flexibility index (Phi) is 2.45. The molecule has 0 saturated carbocycles. The van der Waals surface area contributed by atoms with Gasteiger partial charge in [-0.15, -0.1) is 0 Å². The van der Waals surface area contributed by atoms with Crippen molar-refractivity contribution in [2.24, 2.45) is 5.14 Å². The molecule has 0 aliphatic heterocycles. The van der Waals surface area contributed by atoms with Crippen molar-refractivity contribution >= 4 is 27.2 Å². The van der Waals surface area contributed by atoms with Crippen molar-refractivity contribution < 1.29 is 13.2 Å². The average Bonchev–Trinajstić information content (AvgIpc) is 2.26. The maximum atomic E-state index is 11.1. The predicted molar refractivity (Wildman–Crippen MR) is 58.5 cm³/mol. The normalized spacial score (nSPS) is 11.6. The first-order valence-corrected chi connectivity index (χ1v) is 5.94. The Bertz CT molecular complexity index is 665. The third-order valence-electron chi connectivity index (χ3n) is 2.13. The molecule has 82 valence electrons. The number of hydrogen-bond donors (Lipinski definition) is 1. The molecule has 0 aliphatic rings. The fourth-order valence-electron chi connectivity index (χ4n) is 1.36. The molecule has 2 rings (SSSR count). The Labute approximate surface area is 92.0 Å². The number of nitrogens with zero attached hydrogens (tertiary/aromatic N) is 1. The maximum Gasteiger partial charge on any atom is 0.238 e. The zero-order valence-corrected chi connectivity index (χ0v) is 8.94. The van der Waals surface area contributed by atoms with Crippen LogP contribution in [-0.2, 0) is 10.0 Å². The lowest BCUT2D eigenvalue weighted by atomic mass is 10.2. The molecule has 2 aromatic rings. The minimum absolute atomic E-state index is 0.0284. The molecule has 0 bridgehead atoms. The number of rotatable bonds is 2. The van der Waals surface area contributed by atoms with Gasteiger partial charge in [0.25, 0.3) is 0 Å². The van der Waals surface area contributed by atoms with Crippen molar-refractivity contribution in [1.29, 1.82) is 0 Å². The Hall–Kier alpha value is -1.79. The van der Waals surface area contributed by atoms with Gasteiger partial charge in [0.1, 0.15) is 5.69 Å². The highest BCUT2D eigenvalue weighted by molar-refractivity contribution is 7.89. The first-order chi connectivity index (χ1) is 7.50.